The number of ether oxygens (including phenoxy) is 1. The van der Waals surface area contributed by atoms with Crippen LogP contribution in [0.1, 0.15) is 50.8 Å². The lowest BCUT2D eigenvalue weighted by Gasteiger charge is -2.13. The molecule has 0 bridgehead atoms. The molecule has 1 atom stereocenters. The highest BCUT2D eigenvalue weighted by atomic mass is 32.2. The number of carbonyl (C=O) groups excluding carboxylic acids is 2. The first-order chi connectivity index (χ1) is 12.7. The van der Waals surface area contributed by atoms with Crippen molar-refractivity contribution in [2.45, 2.75) is 38.0 Å². The molecule has 0 amide bonds. The van der Waals surface area contributed by atoms with Crippen LogP contribution in [0.15, 0.2) is 42.5 Å². The molecule has 0 unspecified atom stereocenters. The van der Waals surface area contributed by atoms with Crippen molar-refractivity contribution in [2.75, 3.05) is 6.26 Å². The molecular weight excluding hydrogens is 364 g/mol. The van der Waals surface area contributed by atoms with E-state index in [-0.39, 0.29) is 17.1 Å². The van der Waals surface area contributed by atoms with Gasteiger partial charge in [0.15, 0.2) is 15.9 Å². The molecule has 1 aliphatic carbocycles. The van der Waals surface area contributed by atoms with Gasteiger partial charge in [0.2, 0.25) is 5.78 Å². The van der Waals surface area contributed by atoms with Gasteiger partial charge in [-0.15, -0.1) is 0 Å². The Morgan fingerprint density at radius 1 is 1.00 bits per heavy atom. The molecule has 0 heterocycles. The standard InChI is InChI=1S/C21H22O5S/c1-14(20(22)19-11-10-16-4-3-5-18(16)12-19)26-21(23)17-8-6-15(7-9-17)13-27(2,24)25/h6-12,14H,3-5,13H2,1-2H3/t14-/m0/s1. The molecule has 0 spiro atoms. The minimum Gasteiger partial charge on any atom is -0.451 e. The van der Waals surface area contributed by atoms with E-state index >= 15 is 0 Å². The summed E-state index contributed by atoms with van der Waals surface area (Å²) in [5.74, 6) is -0.926. The molecule has 0 radical (unpaired) electrons. The largest absolute Gasteiger partial charge is 0.451 e. The number of aryl methyl sites for hydroxylation is 2. The van der Waals surface area contributed by atoms with Crippen molar-refractivity contribution in [3.63, 3.8) is 0 Å². The van der Waals surface area contributed by atoms with Crippen LogP contribution < -0.4 is 0 Å². The Labute approximate surface area is 159 Å². The second-order valence-corrected chi connectivity index (χ2v) is 9.16. The van der Waals surface area contributed by atoms with Gasteiger partial charge in [-0.25, -0.2) is 13.2 Å². The van der Waals surface area contributed by atoms with E-state index in [4.69, 9.17) is 4.74 Å². The summed E-state index contributed by atoms with van der Waals surface area (Å²) in [6, 6.07) is 11.8. The van der Waals surface area contributed by atoms with Crippen LogP contribution in [-0.2, 0) is 33.2 Å². The average molecular weight is 386 g/mol. The highest BCUT2D eigenvalue weighted by Crippen LogP contribution is 2.23. The molecule has 0 aliphatic heterocycles. The van der Waals surface area contributed by atoms with Gasteiger partial charge in [0, 0.05) is 11.8 Å². The lowest BCUT2D eigenvalue weighted by molar-refractivity contribution is 0.0319. The molecule has 142 valence electrons. The van der Waals surface area contributed by atoms with Crippen molar-refractivity contribution >= 4 is 21.6 Å². The fraction of sp³-hybridized carbons (Fsp3) is 0.333. The molecule has 0 N–H and O–H groups in total. The lowest BCUT2D eigenvalue weighted by atomic mass is 10.0. The van der Waals surface area contributed by atoms with Gasteiger partial charge in [0.1, 0.15) is 0 Å². The van der Waals surface area contributed by atoms with Crippen molar-refractivity contribution in [2.24, 2.45) is 0 Å². The van der Waals surface area contributed by atoms with Crippen LogP contribution in [0.25, 0.3) is 0 Å². The summed E-state index contributed by atoms with van der Waals surface area (Å²) < 4.78 is 27.9. The van der Waals surface area contributed by atoms with Gasteiger partial charge in [-0.05, 0) is 61.1 Å². The molecule has 2 aromatic rings. The van der Waals surface area contributed by atoms with Crippen LogP contribution in [0.4, 0.5) is 0 Å². The summed E-state index contributed by atoms with van der Waals surface area (Å²) in [6.45, 7) is 1.56. The minimum atomic E-state index is -3.14. The second kappa shape index (κ2) is 7.64. The maximum atomic E-state index is 12.6. The molecule has 3 rings (SSSR count). The molecule has 5 nitrogen and oxygen atoms in total. The maximum absolute atomic E-state index is 12.6. The predicted molar refractivity (Wildman–Crippen MR) is 103 cm³/mol. The zero-order valence-corrected chi connectivity index (χ0v) is 16.2. The van der Waals surface area contributed by atoms with E-state index in [9.17, 15) is 18.0 Å². The molecular formula is C21H22O5S. The van der Waals surface area contributed by atoms with Crippen molar-refractivity contribution in [3.8, 4) is 0 Å². The van der Waals surface area contributed by atoms with E-state index in [0.29, 0.717) is 11.1 Å². The number of esters is 1. The number of fused-ring (bicyclic) bond motifs is 1. The number of ketones is 1. The van der Waals surface area contributed by atoms with E-state index in [1.807, 2.05) is 12.1 Å². The Hall–Kier alpha value is -2.47. The van der Waals surface area contributed by atoms with Crippen molar-refractivity contribution in [3.05, 3.63) is 70.3 Å². The van der Waals surface area contributed by atoms with Gasteiger partial charge in [-0.1, -0.05) is 24.3 Å². The fourth-order valence-corrected chi connectivity index (χ4v) is 4.08. The fourth-order valence-electron chi connectivity index (χ4n) is 3.28. The molecule has 0 aromatic heterocycles. The monoisotopic (exact) mass is 386 g/mol. The smallest absolute Gasteiger partial charge is 0.338 e. The third-order valence-corrected chi connectivity index (χ3v) is 5.51. The highest BCUT2D eigenvalue weighted by Gasteiger charge is 2.22. The second-order valence-electron chi connectivity index (χ2n) is 7.02. The molecule has 27 heavy (non-hydrogen) atoms. The number of hydrogen-bond donors (Lipinski definition) is 0. The zero-order chi connectivity index (χ0) is 19.6. The summed E-state index contributed by atoms with van der Waals surface area (Å²) in [6.07, 6.45) is 3.38. The Bertz CT molecular complexity index is 974. The summed E-state index contributed by atoms with van der Waals surface area (Å²) in [5.41, 5.74) is 3.91. The third kappa shape index (κ3) is 4.83. The van der Waals surface area contributed by atoms with Gasteiger partial charge < -0.3 is 4.74 Å². The van der Waals surface area contributed by atoms with Crippen LogP contribution in [0.3, 0.4) is 0 Å². The van der Waals surface area contributed by atoms with Gasteiger partial charge in [0.25, 0.3) is 0 Å². The Morgan fingerprint density at radius 3 is 2.30 bits per heavy atom. The first-order valence-corrected chi connectivity index (χ1v) is 10.9. The van der Waals surface area contributed by atoms with Gasteiger partial charge in [0.05, 0.1) is 11.3 Å². The number of carbonyl (C=O) groups is 2. The first-order valence-electron chi connectivity index (χ1n) is 8.86. The average Bonchev–Trinajstić information content (AvgIpc) is 3.07. The summed E-state index contributed by atoms with van der Waals surface area (Å²) in [7, 11) is -3.14. The van der Waals surface area contributed by atoms with Crippen molar-refractivity contribution in [1.29, 1.82) is 0 Å². The van der Waals surface area contributed by atoms with E-state index in [2.05, 4.69) is 0 Å². The van der Waals surface area contributed by atoms with E-state index < -0.39 is 21.9 Å². The molecule has 0 fully saturated rings. The van der Waals surface area contributed by atoms with Crippen molar-refractivity contribution in [1.82, 2.24) is 0 Å². The molecule has 6 heteroatoms. The lowest BCUT2D eigenvalue weighted by Crippen LogP contribution is -2.24. The molecule has 2 aromatic carbocycles. The van der Waals surface area contributed by atoms with Crippen LogP contribution in [0, 0.1) is 0 Å². The summed E-state index contributed by atoms with van der Waals surface area (Å²) >= 11 is 0. The van der Waals surface area contributed by atoms with Crippen molar-refractivity contribution < 1.29 is 22.7 Å². The molecule has 0 saturated heterocycles. The van der Waals surface area contributed by atoms with Crippen LogP contribution in [0.2, 0.25) is 0 Å². The Balaban J connectivity index is 1.65. The highest BCUT2D eigenvalue weighted by molar-refractivity contribution is 7.89. The number of Topliss-reactive ketones (excluding diaryl/α,β-unsaturated/α-hetero) is 1. The first kappa shape index (κ1) is 19.3. The van der Waals surface area contributed by atoms with E-state index in [1.54, 1.807) is 25.1 Å². The number of benzene rings is 2. The van der Waals surface area contributed by atoms with Gasteiger partial charge in [-0.2, -0.15) is 0 Å². The summed E-state index contributed by atoms with van der Waals surface area (Å²) in [4.78, 5) is 24.9. The topological polar surface area (TPSA) is 77.5 Å². The number of sulfone groups is 1. The van der Waals surface area contributed by atoms with E-state index in [0.717, 1.165) is 25.5 Å². The van der Waals surface area contributed by atoms with Gasteiger partial charge >= 0.3 is 5.97 Å². The number of hydrogen-bond acceptors (Lipinski definition) is 5. The Morgan fingerprint density at radius 2 is 1.63 bits per heavy atom. The third-order valence-electron chi connectivity index (χ3n) is 4.65. The molecule has 0 saturated carbocycles. The molecule has 1 aliphatic rings. The van der Waals surface area contributed by atoms with Crippen LogP contribution in [0.5, 0.6) is 0 Å². The quantitative estimate of drug-likeness (QED) is 0.563. The normalized spacial score (nSPS) is 14.4. The van der Waals surface area contributed by atoms with E-state index in [1.165, 1.54) is 23.3 Å². The Kier molecular flexibility index (Phi) is 5.46. The van der Waals surface area contributed by atoms with Crippen LogP contribution >= 0.6 is 0 Å². The minimum absolute atomic E-state index is 0.0878. The number of rotatable bonds is 6. The van der Waals surface area contributed by atoms with Gasteiger partial charge in [-0.3, -0.25) is 4.79 Å². The maximum Gasteiger partial charge on any atom is 0.338 e. The zero-order valence-electron chi connectivity index (χ0n) is 15.4. The SMILES string of the molecule is C[C@H](OC(=O)c1ccc(CS(C)(=O)=O)cc1)C(=O)c1ccc2c(c1)CCC2. The van der Waals surface area contributed by atoms with Crippen LogP contribution in [-0.4, -0.2) is 32.5 Å². The summed E-state index contributed by atoms with van der Waals surface area (Å²) in [5, 5.41) is 0. The predicted octanol–water partition coefficient (Wildman–Crippen LogP) is 3.15.